The van der Waals surface area contributed by atoms with Crippen LogP contribution in [0.3, 0.4) is 0 Å². The Morgan fingerprint density at radius 3 is 2.18 bits per heavy atom. The normalized spacial score (nSPS) is 18.3. The van der Waals surface area contributed by atoms with Crippen LogP contribution in [-0.2, 0) is 14.3 Å². The molecule has 0 spiro atoms. The van der Waals surface area contributed by atoms with Gasteiger partial charge in [0, 0.05) is 37.3 Å². The summed E-state index contributed by atoms with van der Waals surface area (Å²) in [6, 6.07) is 25.5. The Morgan fingerprint density at radius 1 is 0.939 bits per heavy atom. The van der Waals surface area contributed by atoms with Gasteiger partial charge in [-0.25, -0.2) is 0 Å². The van der Waals surface area contributed by atoms with Crippen LogP contribution in [0.25, 0.3) is 11.1 Å². The Hall–Kier alpha value is -3.64. The van der Waals surface area contributed by atoms with Crippen LogP contribution in [-0.4, -0.2) is 49.3 Å². The lowest BCUT2D eigenvalue weighted by Gasteiger charge is -2.37. The number of carbonyl (C=O) groups excluding carboxylic acids is 1. The quantitative estimate of drug-likeness (QED) is 0.449. The number of carboxylic acid groups (broad SMARTS) is 1. The lowest BCUT2D eigenvalue weighted by atomic mass is 9.96. The number of hydrogen-bond donors (Lipinski definition) is 2. The Morgan fingerprint density at radius 2 is 1.55 bits per heavy atom. The SMILES string of the molecule is O=C(O)C(C(=O)OCC1c2ccccc2-c2ccccc21)C1CN(c2ccccc2)CCN1. The molecule has 0 aromatic heterocycles. The number of para-hydroxylation sites is 1. The molecule has 2 unspecified atom stereocenters. The molecule has 1 saturated heterocycles. The first-order chi connectivity index (χ1) is 16.1. The number of aliphatic carboxylic acids is 1. The zero-order chi connectivity index (χ0) is 22.8. The average molecular weight is 443 g/mol. The van der Waals surface area contributed by atoms with Gasteiger partial charge >= 0.3 is 11.9 Å². The van der Waals surface area contributed by atoms with E-state index >= 15 is 0 Å². The van der Waals surface area contributed by atoms with Crippen LogP contribution in [0, 0.1) is 5.92 Å². The second-order valence-corrected chi connectivity index (χ2v) is 8.52. The number of carboxylic acids is 1. The topological polar surface area (TPSA) is 78.9 Å². The lowest BCUT2D eigenvalue weighted by molar-refractivity contribution is -0.160. The van der Waals surface area contributed by atoms with Crippen molar-refractivity contribution in [3.05, 3.63) is 90.0 Å². The Kier molecular flexibility index (Phi) is 5.84. The summed E-state index contributed by atoms with van der Waals surface area (Å²) in [5, 5.41) is 13.1. The van der Waals surface area contributed by atoms with Crippen LogP contribution in [0.15, 0.2) is 78.9 Å². The minimum atomic E-state index is -1.27. The van der Waals surface area contributed by atoms with Crippen molar-refractivity contribution in [1.82, 2.24) is 5.32 Å². The number of carbonyl (C=O) groups is 2. The molecular weight excluding hydrogens is 416 g/mol. The fourth-order valence-electron chi connectivity index (χ4n) is 5.01. The van der Waals surface area contributed by atoms with E-state index in [4.69, 9.17) is 4.74 Å². The predicted octanol–water partition coefficient (Wildman–Crippen LogP) is 3.52. The maximum atomic E-state index is 13.0. The minimum absolute atomic E-state index is 0.101. The summed E-state index contributed by atoms with van der Waals surface area (Å²) in [5.41, 5.74) is 5.49. The zero-order valence-electron chi connectivity index (χ0n) is 18.2. The number of esters is 1. The maximum absolute atomic E-state index is 13.0. The highest BCUT2D eigenvalue weighted by molar-refractivity contribution is 5.95. The summed E-state index contributed by atoms with van der Waals surface area (Å²) in [6.07, 6.45) is 0. The predicted molar refractivity (Wildman–Crippen MR) is 126 cm³/mol. The Balaban J connectivity index is 1.32. The molecule has 1 heterocycles. The first kappa shape index (κ1) is 21.2. The highest BCUT2D eigenvalue weighted by Crippen LogP contribution is 2.44. The summed E-state index contributed by atoms with van der Waals surface area (Å²) < 4.78 is 5.68. The second-order valence-electron chi connectivity index (χ2n) is 8.52. The number of anilines is 1. The van der Waals surface area contributed by atoms with Gasteiger partial charge in [0.15, 0.2) is 5.92 Å². The molecule has 1 aliphatic heterocycles. The number of piperazine rings is 1. The van der Waals surface area contributed by atoms with Gasteiger partial charge in [-0.3, -0.25) is 9.59 Å². The van der Waals surface area contributed by atoms with Crippen molar-refractivity contribution in [2.24, 2.45) is 5.92 Å². The van der Waals surface area contributed by atoms with Crippen LogP contribution < -0.4 is 10.2 Å². The number of fused-ring (bicyclic) bond motifs is 3. The molecular formula is C27H26N2O4. The molecule has 3 aromatic carbocycles. The minimum Gasteiger partial charge on any atom is -0.481 e. The molecule has 2 atom stereocenters. The van der Waals surface area contributed by atoms with E-state index in [1.165, 1.54) is 0 Å². The molecule has 0 amide bonds. The van der Waals surface area contributed by atoms with Gasteiger partial charge in [-0.1, -0.05) is 66.7 Å². The van der Waals surface area contributed by atoms with Crippen molar-refractivity contribution in [1.29, 1.82) is 0 Å². The number of nitrogens with one attached hydrogen (secondary N) is 1. The van der Waals surface area contributed by atoms with Crippen molar-refractivity contribution >= 4 is 17.6 Å². The summed E-state index contributed by atoms with van der Waals surface area (Å²) in [6.45, 7) is 1.88. The van der Waals surface area contributed by atoms with Crippen molar-refractivity contribution in [3.63, 3.8) is 0 Å². The number of ether oxygens (including phenoxy) is 1. The molecule has 6 nitrogen and oxygen atoms in total. The fraction of sp³-hybridized carbons (Fsp3) is 0.259. The zero-order valence-corrected chi connectivity index (χ0v) is 18.2. The number of benzene rings is 3. The van der Waals surface area contributed by atoms with Crippen LogP contribution >= 0.6 is 0 Å². The van der Waals surface area contributed by atoms with E-state index in [-0.39, 0.29) is 12.5 Å². The summed E-state index contributed by atoms with van der Waals surface area (Å²) in [7, 11) is 0. The molecule has 3 aromatic rings. The lowest BCUT2D eigenvalue weighted by Crippen LogP contribution is -2.57. The van der Waals surface area contributed by atoms with E-state index in [0.29, 0.717) is 13.1 Å². The molecule has 0 radical (unpaired) electrons. The standard InChI is InChI=1S/C27H26N2O4/c30-26(31)25(24-16-29(15-14-28-24)18-8-2-1-3-9-18)27(32)33-17-23-21-12-6-4-10-19(21)20-11-5-7-13-22(20)23/h1-13,23-25,28H,14-17H2,(H,30,31). The smallest absolute Gasteiger partial charge is 0.322 e. The van der Waals surface area contributed by atoms with Crippen molar-refractivity contribution < 1.29 is 19.4 Å². The van der Waals surface area contributed by atoms with Gasteiger partial charge in [0.2, 0.25) is 0 Å². The van der Waals surface area contributed by atoms with E-state index in [1.807, 2.05) is 66.7 Å². The van der Waals surface area contributed by atoms with Crippen molar-refractivity contribution in [2.45, 2.75) is 12.0 Å². The van der Waals surface area contributed by atoms with Gasteiger partial charge < -0.3 is 20.1 Å². The van der Waals surface area contributed by atoms with Gasteiger partial charge in [-0.05, 0) is 34.4 Å². The molecule has 2 aliphatic rings. The first-order valence-electron chi connectivity index (χ1n) is 11.2. The van der Waals surface area contributed by atoms with Gasteiger partial charge in [-0.15, -0.1) is 0 Å². The summed E-state index contributed by atoms with van der Waals surface area (Å²) in [4.78, 5) is 27.3. The van der Waals surface area contributed by atoms with E-state index in [0.717, 1.165) is 34.5 Å². The van der Waals surface area contributed by atoms with Crippen molar-refractivity contribution in [2.75, 3.05) is 31.1 Å². The van der Waals surface area contributed by atoms with E-state index in [1.54, 1.807) is 0 Å². The Bertz CT molecular complexity index is 1120. The third-order valence-electron chi connectivity index (χ3n) is 6.60. The molecule has 6 heteroatoms. The molecule has 1 fully saturated rings. The first-order valence-corrected chi connectivity index (χ1v) is 11.2. The fourth-order valence-corrected chi connectivity index (χ4v) is 5.01. The third-order valence-corrected chi connectivity index (χ3v) is 6.60. The van der Waals surface area contributed by atoms with E-state index in [2.05, 4.69) is 22.3 Å². The average Bonchev–Trinajstić information content (AvgIpc) is 3.17. The highest BCUT2D eigenvalue weighted by Gasteiger charge is 2.39. The number of hydrogen-bond acceptors (Lipinski definition) is 5. The monoisotopic (exact) mass is 442 g/mol. The number of nitrogens with zero attached hydrogens (tertiary/aromatic N) is 1. The largest absolute Gasteiger partial charge is 0.481 e. The van der Waals surface area contributed by atoms with Gasteiger partial charge in [0.25, 0.3) is 0 Å². The number of rotatable bonds is 6. The van der Waals surface area contributed by atoms with Gasteiger partial charge in [-0.2, -0.15) is 0 Å². The molecule has 33 heavy (non-hydrogen) atoms. The maximum Gasteiger partial charge on any atom is 0.322 e. The Labute approximate surface area is 192 Å². The van der Waals surface area contributed by atoms with E-state index in [9.17, 15) is 14.7 Å². The van der Waals surface area contributed by atoms with Crippen LogP contribution in [0.2, 0.25) is 0 Å². The van der Waals surface area contributed by atoms with Crippen molar-refractivity contribution in [3.8, 4) is 11.1 Å². The second kappa shape index (κ2) is 9.08. The molecule has 5 rings (SSSR count). The molecule has 0 bridgehead atoms. The third kappa shape index (κ3) is 4.10. The van der Waals surface area contributed by atoms with Gasteiger partial charge in [0.1, 0.15) is 6.61 Å². The van der Waals surface area contributed by atoms with Crippen LogP contribution in [0.5, 0.6) is 0 Å². The molecule has 0 saturated carbocycles. The molecule has 1 aliphatic carbocycles. The summed E-state index contributed by atoms with van der Waals surface area (Å²) in [5.74, 6) is -3.24. The van der Waals surface area contributed by atoms with E-state index < -0.39 is 23.9 Å². The van der Waals surface area contributed by atoms with Crippen LogP contribution in [0.1, 0.15) is 17.0 Å². The van der Waals surface area contributed by atoms with Gasteiger partial charge in [0.05, 0.1) is 0 Å². The van der Waals surface area contributed by atoms with Crippen LogP contribution in [0.4, 0.5) is 5.69 Å². The summed E-state index contributed by atoms with van der Waals surface area (Å²) >= 11 is 0. The molecule has 168 valence electrons. The highest BCUT2D eigenvalue weighted by atomic mass is 16.5. The molecule has 2 N–H and O–H groups in total.